The van der Waals surface area contributed by atoms with Crippen molar-refractivity contribution in [3.63, 3.8) is 0 Å². The molecule has 100 valence electrons. The molecule has 0 bridgehead atoms. The molecule has 0 aliphatic heterocycles. The lowest BCUT2D eigenvalue weighted by molar-refractivity contribution is 0.0690. The number of carboxylic acids is 1. The van der Waals surface area contributed by atoms with Gasteiger partial charge in [0.1, 0.15) is 5.69 Å². The van der Waals surface area contributed by atoms with E-state index in [0.29, 0.717) is 28.5 Å². The molecular formula is C14H10ClN3O2. The molecule has 0 atom stereocenters. The summed E-state index contributed by atoms with van der Waals surface area (Å²) in [6.45, 7) is 0.340. The zero-order valence-corrected chi connectivity index (χ0v) is 11.1. The summed E-state index contributed by atoms with van der Waals surface area (Å²) in [6.07, 6.45) is 0. The minimum absolute atomic E-state index is 0.00442. The molecule has 0 aliphatic carbocycles. The Morgan fingerprint density at radius 2 is 2.20 bits per heavy atom. The van der Waals surface area contributed by atoms with Crippen molar-refractivity contribution in [3.8, 4) is 6.07 Å². The molecule has 0 unspecified atom stereocenters. The van der Waals surface area contributed by atoms with Crippen LogP contribution >= 0.6 is 11.6 Å². The van der Waals surface area contributed by atoms with Gasteiger partial charge in [-0.15, -0.1) is 0 Å². The van der Waals surface area contributed by atoms with Gasteiger partial charge in [-0.05, 0) is 30.3 Å². The molecule has 0 radical (unpaired) electrons. The zero-order chi connectivity index (χ0) is 14.5. The maximum absolute atomic E-state index is 10.8. The molecule has 2 rings (SSSR count). The second-order valence-electron chi connectivity index (χ2n) is 3.98. The second kappa shape index (κ2) is 6.04. The Morgan fingerprint density at radius 3 is 2.85 bits per heavy atom. The van der Waals surface area contributed by atoms with Gasteiger partial charge in [-0.1, -0.05) is 17.7 Å². The Hall–Kier alpha value is -2.58. The average molecular weight is 288 g/mol. The summed E-state index contributed by atoms with van der Waals surface area (Å²) in [7, 11) is 0. The molecule has 0 saturated carbocycles. The molecule has 6 heteroatoms. The highest BCUT2D eigenvalue weighted by molar-refractivity contribution is 6.33. The molecule has 0 spiro atoms. The van der Waals surface area contributed by atoms with Gasteiger partial charge in [0.2, 0.25) is 0 Å². The van der Waals surface area contributed by atoms with Gasteiger partial charge in [0, 0.05) is 0 Å². The fraction of sp³-hybridized carbons (Fsp3) is 0.0714. The predicted octanol–water partition coefficient (Wildman–Crippen LogP) is 2.92. The number of nitriles is 1. The van der Waals surface area contributed by atoms with Crippen LogP contribution in [0.1, 0.15) is 21.7 Å². The molecule has 1 aromatic carbocycles. The van der Waals surface area contributed by atoms with Crippen LogP contribution in [0.25, 0.3) is 0 Å². The van der Waals surface area contributed by atoms with E-state index in [1.165, 1.54) is 6.07 Å². The standard InChI is InChI=1S/C14H10ClN3O2/c15-11-6-9(7-16)4-5-12(11)17-8-10-2-1-3-13(18-10)14(19)20/h1-6,17H,8H2,(H,19,20). The van der Waals surface area contributed by atoms with Crippen LogP contribution in [-0.4, -0.2) is 16.1 Å². The van der Waals surface area contributed by atoms with E-state index in [-0.39, 0.29) is 5.69 Å². The monoisotopic (exact) mass is 287 g/mol. The van der Waals surface area contributed by atoms with Gasteiger partial charge in [0.25, 0.3) is 0 Å². The first-order chi connectivity index (χ1) is 9.60. The van der Waals surface area contributed by atoms with Gasteiger partial charge in [-0.2, -0.15) is 5.26 Å². The van der Waals surface area contributed by atoms with Crippen LogP contribution in [0.5, 0.6) is 0 Å². The van der Waals surface area contributed by atoms with Crippen LogP contribution in [0.4, 0.5) is 5.69 Å². The summed E-state index contributed by atoms with van der Waals surface area (Å²) in [5, 5.41) is 21.1. The first-order valence-corrected chi connectivity index (χ1v) is 6.10. The minimum Gasteiger partial charge on any atom is -0.477 e. The first-order valence-electron chi connectivity index (χ1n) is 5.73. The molecule has 0 saturated heterocycles. The third-order valence-electron chi connectivity index (χ3n) is 2.58. The van der Waals surface area contributed by atoms with Crippen LogP contribution in [0.15, 0.2) is 36.4 Å². The van der Waals surface area contributed by atoms with E-state index in [9.17, 15) is 4.79 Å². The van der Waals surface area contributed by atoms with Crippen molar-refractivity contribution in [2.24, 2.45) is 0 Å². The van der Waals surface area contributed by atoms with Crippen LogP contribution in [0, 0.1) is 11.3 Å². The number of carbonyl (C=O) groups is 1. The molecule has 0 fully saturated rings. The van der Waals surface area contributed by atoms with Gasteiger partial charge < -0.3 is 10.4 Å². The number of anilines is 1. The Bertz CT molecular complexity index is 695. The lowest BCUT2D eigenvalue weighted by Gasteiger charge is -2.08. The van der Waals surface area contributed by atoms with E-state index in [1.54, 1.807) is 30.3 Å². The van der Waals surface area contributed by atoms with Gasteiger partial charge in [-0.3, -0.25) is 0 Å². The smallest absolute Gasteiger partial charge is 0.354 e. The third kappa shape index (κ3) is 3.25. The number of hydrogen-bond donors (Lipinski definition) is 2. The molecule has 20 heavy (non-hydrogen) atoms. The number of aromatic nitrogens is 1. The number of hydrogen-bond acceptors (Lipinski definition) is 4. The lowest BCUT2D eigenvalue weighted by atomic mass is 10.2. The number of aromatic carboxylic acids is 1. The van der Waals surface area contributed by atoms with Gasteiger partial charge in [0.05, 0.1) is 34.6 Å². The molecule has 2 N–H and O–H groups in total. The number of nitrogens with zero attached hydrogens (tertiary/aromatic N) is 2. The third-order valence-corrected chi connectivity index (χ3v) is 2.90. The second-order valence-corrected chi connectivity index (χ2v) is 4.39. The fourth-order valence-corrected chi connectivity index (χ4v) is 1.86. The van der Waals surface area contributed by atoms with Crippen LogP contribution in [-0.2, 0) is 6.54 Å². The first kappa shape index (κ1) is 13.8. The summed E-state index contributed by atoms with van der Waals surface area (Å²) < 4.78 is 0. The van der Waals surface area contributed by atoms with Crippen molar-refractivity contribution in [2.75, 3.05) is 5.32 Å². The SMILES string of the molecule is N#Cc1ccc(NCc2cccc(C(=O)O)n2)c(Cl)c1. The number of halogens is 1. The predicted molar refractivity (Wildman–Crippen MR) is 74.7 cm³/mol. The molecule has 5 nitrogen and oxygen atoms in total. The number of pyridine rings is 1. The van der Waals surface area contributed by atoms with Crippen molar-refractivity contribution in [1.82, 2.24) is 4.98 Å². The van der Waals surface area contributed by atoms with E-state index >= 15 is 0 Å². The lowest BCUT2D eigenvalue weighted by Crippen LogP contribution is -2.06. The number of carboxylic acid groups (broad SMARTS) is 1. The van der Waals surface area contributed by atoms with Crippen molar-refractivity contribution in [2.45, 2.75) is 6.54 Å². The Balaban J connectivity index is 2.11. The van der Waals surface area contributed by atoms with Crippen LogP contribution in [0.2, 0.25) is 5.02 Å². The van der Waals surface area contributed by atoms with Gasteiger partial charge in [-0.25, -0.2) is 9.78 Å². The van der Waals surface area contributed by atoms with Crippen molar-refractivity contribution in [3.05, 3.63) is 58.4 Å². The molecular weight excluding hydrogens is 278 g/mol. The molecule has 0 aliphatic rings. The quantitative estimate of drug-likeness (QED) is 0.903. The van der Waals surface area contributed by atoms with Gasteiger partial charge >= 0.3 is 5.97 Å². The Kier molecular flexibility index (Phi) is 4.18. The summed E-state index contributed by atoms with van der Waals surface area (Å²) in [4.78, 5) is 14.8. The largest absolute Gasteiger partial charge is 0.477 e. The highest BCUT2D eigenvalue weighted by Crippen LogP contribution is 2.23. The van der Waals surface area contributed by atoms with Crippen molar-refractivity contribution >= 4 is 23.3 Å². The minimum atomic E-state index is -1.07. The highest BCUT2D eigenvalue weighted by atomic mass is 35.5. The maximum atomic E-state index is 10.8. The highest BCUT2D eigenvalue weighted by Gasteiger charge is 2.06. The topological polar surface area (TPSA) is 86.0 Å². The fourth-order valence-electron chi connectivity index (χ4n) is 1.61. The summed E-state index contributed by atoms with van der Waals surface area (Å²) in [5.74, 6) is -1.07. The number of rotatable bonds is 4. The Labute approximate surface area is 120 Å². The summed E-state index contributed by atoms with van der Waals surface area (Å²) >= 11 is 6.03. The van der Waals surface area contributed by atoms with E-state index in [0.717, 1.165) is 0 Å². The zero-order valence-electron chi connectivity index (χ0n) is 10.3. The molecule has 1 heterocycles. The number of nitrogens with one attached hydrogen (secondary N) is 1. The van der Waals surface area contributed by atoms with E-state index in [2.05, 4.69) is 10.3 Å². The van der Waals surface area contributed by atoms with E-state index in [4.69, 9.17) is 22.0 Å². The molecule has 1 aromatic heterocycles. The van der Waals surface area contributed by atoms with Crippen molar-refractivity contribution in [1.29, 1.82) is 5.26 Å². The maximum Gasteiger partial charge on any atom is 0.354 e. The summed E-state index contributed by atoms with van der Waals surface area (Å²) in [5.41, 5.74) is 1.72. The van der Waals surface area contributed by atoms with E-state index < -0.39 is 5.97 Å². The molecule has 2 aromatic rings. The van der Waals surface area contributed by atoms with Gasteiger partial charge in [0.15, 0.2) is 0 Å². The Morgan fingerprint density at radius 1 is 1.40 bits per heavy atom. The normalized spacial score (nSPS) is 9.80. The summed E-state index contributed by atoms with van der Waals surface area (Å²) in [6, 6.07) is 11.7. The van der Waals surface area contributed by atoms with Crippen LogP contribution < -0.4 is 5.32 Å². The number of benzene rings is 1. The van der Waals surface area contributed by atoms with E-state index in [1.807, 2.05) is 6.07 Å². The van der Waals surface area contributed by atoms with Crippen LogP contribution in [0.3, 0.4) is 0 Å². The molecule has 0 amide bonds. The average Bonchev–Trinajstić information content (AvgIpc) is 2.46. The van der Waals surface area contributed by atoms with Crippen molar-refractivity contribution < 1.29 is 9.90 Å².